The third-order valence-corrected chi connectivity index (χ3v) is 2.26. The maximum Gasteiger partial charge on any atom is 0.0563 e. The van der Waals surface area contributed by atoms with Crippen LogP contribution < -0.4 is 0 Å². The van der Waals surface area contributed by atoms with Crippen LogP contribution in [-0.2, 0) is 4.74 Å². The van der Waals surface area contributed by atoms with Crippen LogP contribution >= 0.6 is 0 Å². The van der Waals surface area contributed by atoms with E-state index < -0.39 is 0 Å². The van der Waals surface area contributed by atoms with Crippen LogP contribution in [0.3, 0.4) is 0 Å². The van der Waals surface area contributed by atoms with Crippen molar-refractivity contribution in [2.75, 3.05) is 13.2 Å². The normalized spacial score (nSPS) is 13.6. The van der Waals surface area contributed by atoms with Crippen molar-refractivity contribution in [3.05, 3.63) is 0 Å². The summed E-state index contributed by atoms with van der Waals surface area (Å²) in [6.07, 6.45) is 4.23. The van der Waals surface area contributed by atoms with Crippen molar-refractivity contribution in [3.63, 3.8) is 0 Å². The maximum absolute atomic E-state index is 9.50. The zero-order valence-corrected chi connectivity index (χ0v) is 9.25. The van der Waals surface area contributed by atoms with Crippen molar-refractivity contribution < 1.29 is 9.84 Å². The Hall–Kier alpha value is -0.0800. The number of unbranched alkanes of at least 4 members (excludes halogenated alkanes) is 2. The van der Waals surface area contributed by atoms with E-state index in [2.05, 4.69) is 13.8 Å². The summed E-state index contributed by atoms with van der Waals surface area (Å²) < 4.78 is 5.23. The van der Waals surface area contributed by atoms with Crippen LogP contribution in [0.15, 0.2) is 0 Å². The standard InChI is InChI=1S/C11H24O2/c1-4-13-9-7-5-6-8-11(12)10(2)3/h10-12H,4-9H2,1-3H3. The van der Waals surface area contributed by atoms with Crippen LogP contribution in [0.1, 0.15) is 46.5 Å². The molecule has 0 saturated heterocycles. The molecule has 0 aromatic heterocycles. The van der Waals surface area contributed by atoms with Gasteiger partial charge in [0.25, 0.3) is 0 Å². The van der Waals surface area contributed by atoms with Gasteiger partial charge < -0.3 is 9.84 Å². The molecule has 2 heteroatoms. The fraction of sp³-hybridized carbons (Fsp3) is 1.00. The third-order valence-electron chi connectivity index (χ3n) is 2.26. The van der Waals surface area contributed by atoms with Crippen LogP contribution in [0, 0.1) is 5.92 Å². The molecule has 0 heterocycles. The Kier molecular flexibility index (Phi) is 8.46. The van der Waals surface area contributed by atoms with Gasteiger partial charge in [0.15, 0.2) is 0 Å². The van der Waals surface area contributed by atoms with Crippen LogP contribution in [0.25, 0.3) is 0 Å². The first-order valence-electron chi connectivity index (χ1n) is 5.44. The minimum Gasteiger partial charge on any atom is -0.393 e. The van der Waals surface area contributed by atoms with Gasteiger partial charge in [0, 0.05) is 13.2 Å². The highest BCUT2D eigenvalue weighted by Crippen LogP contribution is 2.10. The molecule has 0 amide bonds. The van der Waals surface area contributed by atoms with Crippen molar-refractivity contribution in [2.24, 2.45) is 5.92 Å². The lowest BCUT2D eigenvalue weighted by Crippen LogP contribution is -2.14. The average Bonchev–Trinajstić information content (AvgIpc) is 2.10. The molecule has 13 heavy (non-hydrogen) atoms. The second-order valence-electron chi connectivity index (χ2n) is 3.86. The van der Waals surface area contributed by atoms with Gasteiger partial charge in [-0.3, -0.25) is 0 Å². The highest BCUT2D eigenvalue weighted by Gasteiger charge is 2.07. The summed E-state index contributed by atoms with van der Waals surface area (Å²) in [5.74, 6) is 0.395. The van der Waals surface area contributed by atoms with Crippen LogP contribution in [0.2, 0.25) is 0 Å². The second-order valence-corrected chi connectivity index (χ2v) is 3.86. The van der Waals surface area contributed by atoms with Crippen molar-refractivity contribution >= 4 is 0 Å². The molecule has 0 aromatic carbocycles. The van der Waals surface area contributed by atoms with Gasteiger partial charge in [0.2, 0.25) is 0 Å². The van der Waals surface area contributed by atoms with Crippen molar-refractivity contribution in [1.29, 1.82) is 0 Å². The van der Waals surface area contributed by atoms with Crippen molar-refractivity contribution in [3.8, 4) is 0 Å². The predicted molar refractivity (Wildman–Crippen MR) is 55.8 cm³/mol. The lowest BCUT2D eigenvalue weighted by atomic mass is 10.0. The molecule has 1 N–H and O–H groups in total. The fourth-order valence-corrected chi connectivity index (χ4v) is 1.21. The van der Waals surface area contributed by atoms with E-state index in [4.69, 9.17) is 4.74 Å². The highest BCUT2D eigenvalue weighted by atomic mass is 16.5. The molecule has 0 rings (SSSR count). The first kappa shape index (κ1) is 12.9. The topological polar surface area (TPSA) is 29.5 Å². The van der Waals surface area contributed by atoms with E-state index in [1.807, 2.05) is 6.92 Å². The number of aliphatic hydroxyl groups is 1. The molecule has 0 fully saturated rings. The monoisotopic (exact) mass is 188 g/mol. The molecular formula is C11H24O2. The minimum absolute atomic E-state index is 0.118. The summed E-state index contributed by atoms with van der Waals surface area (Å²) in [5.41, 5.74) is 0. The molecule has 0 aliphatic rings. The van der Waals surface area contributed by atoms with Crippen molar-refractivity contribution in [2.45, 2.75) is 52.6 Å². The molecule has 0 radical (unpaired) electrons. The summed E-state index contributed by atoms with van der Waals surface area (Å²) in [7, 11) is 0. The second kappa shape index (κ2) is 8.52. The maximum atomic E-state index is 9.50. The van der Waals surface area contributed by atoms with Crippen LogP contribution in [-0.4, -0.2) is 24.4 Å². The first-order valence-corrected chi connectivity index (χ1v) is 5.44. The first-order chi connectivity index (χ1) is 6.18. The quantitative estimate of drug-likeness (QED) is 0.593. The molecule has 0 aromatic rings. The Morgan fingerprint density at radius 3 is 2.38 bits per heavy atom. The average molecular weight is 188 g/mol. The predicted octanol–water partition coefficient (Wildman–Crippen LogP) is 2.60. The lowest BCUT2D eigenvalue weighted by molar-refractivity contribution is 0.109. The fourth-order valence-electron chi connectivity index (χ4n) is 1.21. The third kappa shape index (κ3) is 8.26. The van der Waals surface area contributed by atoms with Gasteiger partial charge in [-0.15, -0.1) is 0 Å². The lowest BCUT2D eigenvalue weighted by Gasteiger charge is -2.13. The molecule has 1 unspecified atom stereocenters. The molecule has 80 valence electrons. The van der Waals surface area contributed by atoms with Gasteiger partial charge in [-0.05, 0) is 25.7 Å². The molecule has 0 bridgehead atoms. The van der Waals surface area contributed by atoms with Gasteiger partial charge >= 0.3 is 0 Å². The molecule has 0 saturated carbocycles. The van der Waals surface area contributed by atoms with Gasteiger partial charge in [-0.2, -0.15) is 0 Å². The van der Waals surface area contributed by atoms with Gasteiger partial charge in [-0.25, -0.2) is 0 Å². The number of ether oxygens (including phenoxy) is 1. The van der Waals surface area contributed by atoms with E-state index >= 15 is 0 Å². The molecular weight excluding hydrogens is 164 g/mol. The summed E-state index contributed by atoms with van der Waals surface area (Å²) in [5, 5.41) is 9.50. The Bertz CT molecular complexity index is 102. The SMILES string of the molecule is CCOCCCCCC(O)C(C)C. The minimum atomic E-state index is -0.118. The van der Waals surface area contributed by atoms with Gasteiger partial charge in [0.1, 0.15) is 0 Å². The number of rotatable bonds is 8. The smallest absolute Gasteiger partial charge is 0.0563 e. The Morgan fingerprint density at radius 2 is 1.85 bits per heavy atom. The summed E-state index contributed by atoms with van der Waals surface area (Å²) in [6.45, 7) is 7.82. The highest BCUT2D eigenvalue weighted by molar-refractivity contribution is 4.59. The van der Waals surface area contributed by atoms with Gasteiger partial charge in [0.05, 0.1) is 6.10 Å². The Morgan fingerprint density at radius 1 is 1.15 bits per heavy atom. The molecule has 1 atom stereocenters. The summed E-state index contributed by atoms with van der Waals surface area (Å²) in [6, 6.07) is 0. The number of hydrogen-bond donors (Lipinski definition) is 1. The van der Waals surface area contributed by atoms with Crippen LogP contribution in [0.5, 0.6) is 0 Å². The molecule has 0 spiro atoms. The van der Waals surface area contributed by atoms with E-state index in [0.717, 1.165) is 32.5 Å². The van der Waals surface area contributed by atoms with Gasteiger partial charge in [-0.1, -0.05) is 26.7 Å². The summed E-state index contributed by atoms with van der Waals surface area (Å²) >= 11 is 0. The van der Waals surface area contributed by atoms with E-state index in [9.17, 15) is 5.11 Å². The molecule has 0 aliphatic heterocycles. The zero-order chi connectivity index (χ0) is 10.1. The Balaban J connectivity index is 3.07. The largest absolute Gasteiger partial charge is 0.393 e. The van der Waals surface area contributed by atoms with E-state index in [-0.39, 0.29) is 6.10 Å². The molecule has 2 nitrogen and oxygen atoms in total. The zero-order valence-electron chi connectivity index (χ0n) is 9.25. The van der Waals surface area contributed by atoms with E-state index in [1.165, 1.54) is 6.42 Å². The van der Waals surface area contributed by atoms with E-state index in [0.29, 0.717) is 5.92 Å². The number of aliphatic hydroxyl groups excluding tert-OH is 1. The van der Waals surface area contributed by atoms with Crippen LogP contribution in [0.4, 0.5) is 0 Å². The molecule has 0 aliphatic carbocycles. The van der Waals surface area contributed by atoms with Crippen molar-refractivity contribution in [1.82, 2.24) is 0 Å². The summed E-state index contributed by atoms with van der Waals surface area (Å²) in [4.78, 5) is 0. The van der Waals surface area contributed by atoms with E-state index in [1.54, 1.807) is 0 Å². The number of hydrogen-bond acceptors (Lipinski definition) is 2. The Labute approximate surface area is 82.3 Å².